The standard InChI is InChI=1S/C14H14N4O4S/c1-9-15-16-14(19)13-7-12(8-18(9)13)23(20,21)17-10-3-5-11(22-2)6-4-10/h3-8,17H,1-2H3,(H,16,19). The molecule has 0 unspecified atom stereocenters. The van der Waals surface area contributed by atoms with Gasteiger partial charge in [0.15, 0.2) is 0 Å². The maximum absolute atomic E-state index is 12.5. The van der Waals surface area contributed by atoms with Crippen LogP contribution in [0.3, 0.4) is 0 Å². The van der Waals surface area contributed by atoms with E-state index >= 15 is 0 Å². The Labute approximate surface area is 131 Å². The highest BCUT2D eigenvalue weighted by Crippen LogP contribution is 2.20. The molecule has 0 spiro atoms. The first kappa shape index (κ1) is 15.1. The van der Waals surface area contributed by atoms with Crippen molar-refractivity contribution in [3.63, 3.8) is 0 Å². The lowest BCUT2D eigenvalue weighted by Crippen LogP contribution is -2.12. The molecule has 0 aliphatic carbocycles. The maximum atomic E-state index is 12.5. The number of aromatic amines is 1. The normalized spacial score (nSPS) is 11.6. The Morgan fingerprint density at radius 3 is 2.57 bits per heavy atom. The molecule has 1 aromatic carbocycles. The first-order valence-electron chi connectivity index (χ1n) is 6.65. The molecule has 0 fully saturated rings. The molecule has 23 heavy (non-hydrogen) atoms. The van der Waals surface area contributed by atoms with Crippen LogP contribution in [0.15, 0.2) is 46.2 Å². The third kappa shape index (κ3) is 2.78. The van der Waals surface area contributed by atoms with E-state index in [4.69, 9.17) is 4.74 Å². The van der Waals surface area contributed by atoms with Crippen LogP contribution in [-0.4, -0.2) is 30.1 Å². The molecule has 9 heteroatoms. The number of benzene rings is 1. The summed E-state index contributed by atoms with van der Waals surface area (Å²) in [5, 5.41) is 6.12. The van der Waals surface area contributed by atoms with Gasteiger partial charge < -0.3 is 4.74 Å². The maximum Gasteiger partial charge on any atom is 0.288 e. The van der Waals surface area contributed by atoms with Gasteiger partial charge in [0.1, 0.15) is 22.0 Å². The Bertz CT molecular complexity index is 1020. The second kappa shape index (κ2) is 5.43. The fraction of sp³-hybridized carbons (Fsp3) is 0.143. The lowest BCUT2D eigenvalue weighted by Gasteiger charge is -2.07. The zero-order chi connectivity index (χ0) is 16.6. The van der Waals surface area contributed by atoms with E-state index in [0.29, 0.717) is 17.3 Å². The van der Waals surface area contributed by atoms with Gasteiger partial charge in [-0.2, -0.15) is 5.10 Å². The smallest absolute Gasteiger partial charge is 0.288 e. The van der Waals surface area contributed by atoms with E-state index in [0.717, 1.165) is 0 Å². The van der Waals surface area contributed by atoms with Crippen molar-refractivity contribution >= 4 is 21.2 Å². The minimum Gasteiger partial charge on any atom is -0.497 e. The Morgan fingerprint density at radius 2 is 1.96 bits per heavy atom. The van der Waals surface area contributed by atoms with E-state index in [9.17, 15) is 13.2 Å². The molecule has 2 heterocycles. The summed E-state index contributed by atoms with van der Waals surface area (Å²) in [5.41, 5.74) is 0.152. The summed E-state index contributed by atoms with van der Waals surface area (Å²) in [6.07, 6.45) is 1.36. The number of aryl methyl sites for hydroxylation is 1. The Kier molecular flexibility index (Phi) is 3.57. The van der Waals surface area contributed by atoms with Gasteiger partial charge in [-0.1, -0.05) is 0 Å². The fourth-order valence-corrected chi connectivity index (χ4v) is 3.22. The SMILES string of the molecule is COc1ccc(NS(=O)(=O)c2cc3c(=O)[nH]nc(C)n3c2)cc1. The molecule has 0 saturated carbocycles. The first-order chi connectivity index (χ1) is 10.9. The van der Waals surface area contributed by atoms with Crippen molar-refractivity contribution in [1.82, 2.24) is 14.6 Å². The number of methoxy groups -OCH3 is 1. The molecule has 0 atom stereocenters. The molecule has 0 bridgehead atoms. The third-order valence-electron chi connectivity index (χ3n) is 3.35. The summed E-state index contributed by atoms with van der Waals surface area (Å²) in [4.78, 5) is 11.7. The number of sulfonamides is 1. The Hall–Kier alpha value is -2.81. The van der Waals surface area contributed by atoms with Gasteiger partial charge in [-0.05, 0) is 37.3 Å². The molecule has 0 amide bonds. The summed E-state index contributed by atoms with van der Waals surface area (Å²) in [5.74, 6) is 1.10. The second-order valence-corrected chi connectivity index (χ2v) is 6.55. The minimum atomic E-state index is -3.82. The van der Waals surface area contributed by atoms with Gasteiger partial charge in [0.25, 0.3) is 15.6 Å². The fourth-order valence-electron chi connectivity index (χ4n) is 2.14. The Balaban J connectivity index is 2.00. The van der Waals surface area contributed by atoms with Crippen LogP contribution in [-0.2, 0) is 10.0 Å². The topological polar surface area (TPSA) is 106 Å². The largest absolute Gasteiger partial charge is 0.497 e. The van der Waals surface area contributed by atoms with Gasteiger partial charge in [-0.25, -0.2) is 13.5 Å². The van der Waals surface area contributed by atoms with E-state index in [-0.39, 0.29) is 10.4 Å². The number of fused-ring (bicyclic) bond motifs is 1. The van der Waals surface area contributed by atoms with Crippen molar-refractivity contribution in [1.29, 1.82) is 0 Å². The van der Waals surface area contributed by atoms with Crippen molar-refractivity contribution in [2.75, 3.05) is 11.8 Å². The number of nitrogens with one attached hydrogen (secondary N) is 2. The number of ether oxygens (including phenoxy) is 1. The lowest BCUT2D eigenvalue weighted by atomic mass is 10.3. The van der Waals surface area contributed by atoms with Gasteiger partial charge in [-0.15, -0.1) is 0 Å². The molecule has 3 rings (SSSR count). The molecular weight excluding hydrogens is 320 g/mol. The van der Waals surface area contributed by atoms with E-state index < -0.39 is 15.6 Å². The molecule has 0 saturated heterocycles. The average molecular weight is 334 g/mol. The highest BCUT2D eigenvalue weighted by atomic mass is 32.2. The van der Waals surface area contributed by atoms with Crippen LogP contribution in [0, 0.1) is 6.92 Å². The van der Waals surface area contributed by atoms with E-state index in [1.54, 1.807) is 31.2 Å². The second-order valence-electron chi connectivity index (χ2n) is 4.86. The van der Waals surface area contributed by atoms with E-state index in [2.05, 4.69) is 14.9 Å². The van der Waals surface area contributed by atoms with Crippen LogP contribution >= 0.6 is 0 Å². The highest BCUT2D eigenvalue weighted by Gasteiger charge is 2.18. The Morgan fingerprint density at radius 1 is 1.26 bits per heavy atom. The predicted octanol–water partition coefficient (Wildman–Crippen LogP) is 1.14. The minimum absolute atomic E-state index is 0.0186. The van der Waals surface area contributed by atoms with Crippen LogP contribution in [0.4, 0.5) is 5.69 Å². The average Bonchev–Trinajstić information content (AvgIpc) is 2.99. The quantitative estimate of drug-likeness (QED) is 0.744. The number of aromatic nitrogens is 3. The molecule has 2 aromatic heterocycles. The molecule has 8 nitrogen and oxygen atoms in total. The molecule has 0 aliphatic heterocycles. The lowest BCUT2D eigenvalue weighted by molar-refractivity contribution is 0.415. The van der Waals surface area contributed by atoms with Crippen LogP contribution < -0.4 is 15.0 Å². The molecule has 0 radical (unpaired) electrons. The van der Waals surface area contributed by atoms with Crippen LogP contribution in [0.2, 0.25) is 0 Å². The number of anilines is 1. The summed E-state index contributed by atoms with van der Waals surface area (Å²) in [6, 6.07) is 7.77. The summed E-state index contributed by atoms with van der Waals surface area (Å²) >= 11 is 0. The van der Waals surface area contributed by atoms with Crippen molar-refractivity contribution in [3.05, 3.63) is 52.7 Å². The molecule has 0 aliphatic rings. The summed E-state index contributed by atoms with van der Waals surface area (Å²) < 4.78 is 33.8. The number of rotatable bonds is 4. The van der Waals surface area contributed by atoms with Gasteiger partial charge in [0.2, 0.25) is 0 Å². The van der Waals surface area contributed by atoms with Gasteiger partial charge >= 0.3 is 0 Å². The van der Waals surface area contributed by atoms with Gasteiger partial charge in [0, 0.05) is 11.9 Å². The molecular formula is C14H14N4O4S. The third-order valence-corrected chi connectivity index (χ3v) is 4.70. The monoisotopic (exact) mass is 334 g/mol. The zero-order valence-corrected chi connectivity index (χ0v) is 13.2. The number of hydrogen-bond donors (Lipinski definition) is 2. The molecule has 3 aromatic rings. The highest BCUT2D eigenvalue weighted by molar-refractivity contribution is 7.92. The number of nitrogens with zero attached hydrogens (tertiary/aromatic N) is 2. The van der Waals surface area contributed by atoms with Crippen molar-refractivity contribution in [2.45, 2.75) is 11.8 Å². The number of hydrogen-bond acceptors (Lipinski definition) is 5. The first-order valence-corrected chi connectivity index (χ1v) is 8.13. The molecule has 120 valence electrons. The van der Waals surface area contributed by atoms with Crippen molar-refractivity contribution in [2.24, 2.45) is 0 Å². The van der Waals surface area contributed by atoms with Gasteiger partial charge in [0.05, 0.1) is 7.11 Å². The number of H-pyrrole nitrogens is 1. The van der Waals surface area contributed by atoms with Crippen LogP contribution in [0.25, 0.3) is 5.52 Å². The van der Waals surface area contributed by atoms with E-state index in [1.165, 1.54) is 23.8 Å². The van der Waals surface area contributed by atoms with E-state index in [1.807, 2.05) is 0 Å². The van der Waals surface area contributed by atoms with Crippen molar-refractivity contribution < 1.29 is 13.2 Å². The summed E-state index contributed by atoms with van der Waals surface area (Å²) in [6.45, 7) is 1.66. The zero-order valence-electron chi connectivity index (χ0n) is 12.4. The predicted molar refractivity (Wildman–Crippen MR) is 84.4 cm³/mol. The van der Waals surface area contributed by atoms with Crippen LogP contribution in [0.1, 0.15) is 5.82 Å². The summed E-state index contributed by atoms with van der Waals surface area (Å²) in [7, 11) is -2.29. The van der Waals surface area contributed by atoms with Crippen molar-refractivity contribution in [3.8, 4) is 5.75 Å². The molecule has 2 N–H and O–H groups in total. The van der Waals surface area contributed by atoms with Crippen LogP contribution in [0.5, 0.6) is 5.75 Å². The van der Waals surface area contributed by atoms with Gasteiger partial charge in [-0.3, -0.25) is 13.9 Å².